The maximum Gasteiger partial charge on any atom is 0.267 e. The summed E-state index contributed by atoms with van der Waals surface area (Å²) in [4.78, 5) is 14.2. The molecule has 6 nitrogen and oxygen atoms in total. The molecular weight excluding hydrogens is 407 g/mol. The van der Waals surface area contributed by atoms with E-state index in [-0.39, 0.29) is 42.0 Å². The highest BCUT2D eigenvalue weighted by atomic mass is 32.2. The van der Waals surface area contributed by atoms with Crippen molar-refractivity contribution in [2.24, 2.45) is 5.92 Å². The van der Waals surface area contributed by atoms with E-state index >= 15 is 0 Å². The molecule has 1 aliphatic carbocycles. The molecule has 0 bridgehead atoms. The van der Waals surface area contributed by atoms with Crippen LogP contribution in [0.2, 0.25) is 0 Å². The Morgan fingerprint density at radius 2 is 1.80 bits per heavy atom. The molecule has 30 heavy (non-hydrogen) atoms. The second-order valence-corrected chi connectivity index (χ2v) is 10.1. The van der Waals surface area contributed by atoms with E-state index in [1.165, 1.54) is 22.5 Å². The summed E-state index contributed by atoms with van der Waals surface area (Å²) in [5, 5.41) is 9.98. The summed E-state index contributed by atoms with van der Waals surface area (Å²) in [6, 6.07) is 11.7. The van der Waals surface area contributed by atoms with Crippen molar-refractivity contribution >= 4 is 21.6 Å². The van der Waals surface area contributed by atoms with Crippen LogP contribution in [0.3, 0.4) is 0 Å². The molecule has 2 aromatic rings. The van der Waals surface area contributed by atoms with Crippen LogP contribution >= 0.6 is 0 Å². The van der Waals surface area contributed by atoms with Crippen LogP contribution in [0.4, 0.5) is 10.1 Å². The van der Waals surface area contributed by atoms with Gasteiger partial charge in [-0.25, -0.2) is 12.8 Å². The Morgan fingerprint density at radius 3 is 2.50 bits per heavy atom. The number of carbonyl (C=O) groups is 1. The Kier molecular flexibility index (Phi) is 4.59. The minimum absolute atomic E-state index is 0.0413. The van der Waals surface area contributed by atoms with Crippen molar-refractivity contribution in [1.29, 1.82) is 0 Å². The summed E-state index contributed by atoms with van der Waals surface area (Å²) in [7, 11) is -4.15. The number of carbonyl (C=O) groups excluding carboxylic acids is 1. The van der Waals surface area contributed by atoms with E-state index in [0.717, 1.165) is 24.5 Å². The molecule has 8 heteroatoms. The van der Waals surface area contributed by atoms with E-state index in [2.05, 4.69) is 0 Å². The van der Waals surface area contributed by atoms with Crippen LogP contribution in [-0.4, -0.2) is 49.6 Å². The van der Waals surface area contributed by atoms with Crippen LogP contribution in [0, 0.1) is 11.7 Å². The molecule has 1 amide bonds. The van der Waals surface area contributed by atoms with E-state index < -0.39 is 15.8 Å². The lowest BCUT2D eigenvalue weighted by molar-refractivity contribution is -0.150. The van der Waals surface area contributed by atoms with Crippen molar-refractivity contribution in [2.45, 2.75) is 42.2 Å². The average molecular weight is 431 g/mol. The summed E-state index contributed by atoms with van der Waals surface area (Å²) in [6.45, 7) is -0.128. The number of likely N-dealkylation sites (tertiary alicyclic amines) is 1. The number of hydrogen-bond donors (Lipinski definition) is 1. The minimum Gasteiger partial charge on any atom is -0.394 e. The largest absolute Gasteiger partial charge is 0.394 e. The Morgan fingerprint density at radius 1 is 1.10 bits per heavy atom. The number of aliphatic hydroxyl groups is 1. The van der Waals surface area contributed by atoms with Gasteiger partial charge in [-0.3, -0.25) is 9.10 Å². The van der Waals surface area contributed by atoms with Gasteiger partial charge in [0.15, 0.2) is 0 Å². The van der Waals surface area contributed by atoms with Gasteiger partial charge in [0.1, 0.15) is 10.7 Å². The number of rotatable bonds is 5. The smallest absolute Gasteiger partial charge is 0.267 e. The fourth-order valence-corrected chi connectivity index (χ4v) is 6.45. The number of halogens is 1. The topological polar surface area (TPSA) is 77.9 Å². The molecule has 1 saturated carbocycles. The van der Waals surface area contributed by atoms with Gasteiger partial charge >= 0.3 is 0 Å². The molecule has 1 N–H and O–H groups in total. The van der Waals surface area contributed by atoms with E-state index in [1.807, 2.05) is 12.1 Å². The van der Waals surface area contributed by atoms with Crippen LogP contribution in [0.5, 0.6) is 0 Å². The number of fused-ring (bicyclic) bond motifs is 3. The van der Waals surface area contributed by atoms with E-state index in [9.17, 15) is 22.7 Å². The Balaban J connectivity index is 1.56. The highest BCUT2D eigenvalue weighted by Crippen LogP contribution is 2.50. The first-order valence-electron chi connectivity index (χ1n) is 10.2. The standard InChI is InChI=1S/C22H23FN2O4S/c23-16-6-2-4-8-20(16)30(28,29)24-12-18-22(15-5-1-3-7-17(15)24)19(13-26)25(18)21(27)11-14-9-10-14/h1-8,14,18-19,22,26H,9-13H2/t18-,19+,22+/m1/s1. The molecule has 5 rings (SSSR count). The monoisotopic (exact) mass is 430 g/mol. The molecule has 2 fully saturated rings. The van der Waals surface area contributed by atoms with Crippen molar-refractivity contribution in [3.63, 3.8) is 0 Å². The summed E-state index contributed by atoms with van der Waals surface area (Å²) in [5.41, 5.74) is 1.25. The second-order valence-electron chi connectivity index (χ2n) is 8.32. The lowest BCUT2D eigenvalue weighted by Crippen LogP contribution is -2.70. The van der Waals surface area contributed by atoms with E-state index in [0.29, 0.717) is 18.0 Å². The molecular formula is C22H23FN2O4S. The van der Waals surface area contributed by atoms with Gasteiger partial charge in [0.25, 0.3) is 10.0 Å². The van der Waals surface area contributed by atoms with Crippen molar-refractivity contribution in [3.8, 4) is 0 Å². The molecule has 1 saturated heterocycles. The van der Waals surface area contributed by atoms with Gasteiger partial charge in [-0.1, -0.05) is 30.3 Å². The number of para-hydroxylation sites is 1. The summed E-state index contributed by atoms with van der Waals surface area (Å²) >= 11 is 0. The molecule has 3 atom stereocenters. The van der Waals surface area contributed by atoms with Crippen molar-refractivity contribution in [1.82, 2.24) is 4.90 Å². The lowest BCUT2D eigenvalue weighted by Gasteiger charge is -2.59. The van der Waals surface area contributed by atoms with Gasteiger partial charge in [-0.15, -0.1) is 0 Å². The molecule has 2 heterocycles. The maximum atomic E-state index is 14.4. The number of hydrogen-bond acceptors (Lipinski definition) is 4. The molecule has 0 unspecified atom stereocenters. The average Bonchev–Trinajstić information content (AvgIpc) is 3.52. The normalized spacial score (nSPS) is 25.3. The second kappa shape index (κ2) is 7.06. The zero-order chi connectivity index (χ0) is 21.0. The molecule has 0 radical (unpaired) electrons. The molecule has 158 valence electrons. The third kappa shape index (κ3) is 2.93. The number of anilines is 1. The van der Waals surface area contributed by atoms with Crippen LogP contribution < -0.4 is 4.31 Å². The highest BCUT2D eigenvalue weighted by molar-refractivity contribution is 7.92. The zero-order valence-corrected chi connectivity index (χ0v) is 17.1. The predicted molar refractivity (Wildman–Crippen MR) is 109 cm³/mol. The quantitative estimate of drug-likeness (QED) is 0.791. The Labute approximate surface area is 175 Å². The number of amides is 1. The first kappa shape index (κ1) is 19.5. The zero-order valence-electron chi connectivity index (χ0n) is 16.3. The van der Waals surface area contributed by atoms with Crippen molar-refractivity contribution in [3.05, 3.63) is 59.9 Å². The van der Waals surface area contributed by atoms with E-state index in [1.54, 1.807) is 17.0 Å². The number of sulfonamides is 1. The van der Waals surface area contributed by atoms with Gasteiger partial charge in [0, 0.05) is 12.3 Å². The van der Waals surface area contributed by atoms with Crippen LogP contribution in [0.1, 0.15) is 30.7 Å². The van der Waals surface area contributed by atoms with Gasteiger partial charge in [-0.05, 0) is 42.5 Å². The van der Waals surface area contributed by atoms with Gasteiger partial charge in [0.2, 0.25) is 5.91 Å². The van der Waals surface area contributed by atoms with Gasteiger partial charge in [0.05, 0.1) is 30.9 Å². The molecule has 2 aliphatic heterocycles. The molecule has 2 aromatic carbocycles. The SMILES string of the molecule is O=C(CC1CC1)N1[C@@H]2CN(S(=O)(=O)c3ccccc3F)c3ccccc3[C@@H]2[C@@H]1CO. The van der Waals surface area contributed by atoms with Crippen LogP contribution in [-0.2, 0) is 14.8 Å². The molecule has 3 aliphatic rings. The number of nitrogens with zero attached hydrogens (tertiary/aromatic N) is 2. The third-order valence-corrected chi connectivity index (χ3v) is 8.31. The van der Waals surface area contributed by atoms with Crippen molar-refractivity contribution in [2.75, 3.05) is 17.5 Å². The Bertz CT molecular complexity index is 1100. The molecule has 0 spiro atoms. The predicted octanol–water partition coefficient (Wildman–Crippen LogP) is 2.49. The van der Waals surface area contributed by atoms with Crippen LogP contribution in [0.15, 0.2) is 53.4 Å². The fourth-order valence-electron chi connectivity index (χ4n) is 4.87. The lowest BCUT2D eigenvalue weighted by atomic mass is 9.72. The van der Waals surface area contributed by atoms with E-state index in [4.69, 9.17) is 0 Å². The fraction of sp³-hybridized carbons (Fsp3) is 0.409. The molecule has 0 aromatic heterocycles. The number of benzene rings is 2. The van der Waals surface area contributed by atoms with Gasteiger partial charge < -0.3 is 10.0 Å². The number of aliphatic hydroxyl groups excluding tert-OH is 1. The first-order valence-corrected chi connectivity index (χ1v) is 11.7. The maximum absolute atomic E-state index is 14.4. The summed E-state index contributed by atoms with van der Waals surface area (Å²) in [5.74, 6) is -0.590. The Hall–Kier alpha value is -2.45. The van der Waals surface area contributed by atoms with Crippen LogP contribution in [0.25, 0.3) is 0 Å². The highest BCUT2D eigenvalue weighted by Gasteiger charge is 2.56. The summed E-state index contributed by atoms with van der Waals surface area (Å²) in [6.07, 6.45) is 2.50. The third-order valence-electron chi connectivity index (χ3n) is 6.50. The van der Waals surface area contributed by atoms with Crippen molar-refractivity contribution < 1.29 is 22.7 Å². The minimum atomic E-state index is -4.15. The van der Waals surface area contributed by atoms with Gasteiger partial charge in [-0.2, -0.15) is 0 Å². The first-order chi connectivity index (χ1) is 14.4. The summed E-state index contributed by atoms with van der Waals surface area (Å²) < 4.78 is 42.4.